The minimum absolute atomic E-state index is 0.325. The van der Waals surface area contributed by atoms with E-state index in [1.807, 2.05) is 0 Å². The highest BCUT2D eigenvalue weighted by atomic mass is 35.5. The van der Waals surface area contributed by atoms with Crippen molar-refractivity contribution in [3.05, 3.63) is 52.3 Å². The van der Waals surface area contributed by atoms with Crippen LogP contribution in [0.15, 0.2) is 36.7 Å². The number of pyridine rings is 1. The van der Waals surface area contributed by atoms with Crippen molar-refractivity contribution in [3.63, 3.8) is 0 Å². The molecule has 1 aromatic heterocycles. The summed E-state index contributed by atoms with van der Waals surface area (Å²) in [6.45, 7) is 0.325. The van der Waals surface area contributed by atoms with Crippen LogP contribution in [0.4, 0.5) is 5.69 Å². The normalized spacial score (nSPS) is 10.2. The molecule has 17 heavy (non-hydrogen) atoms. The first-order valence-electron chi connectivity index (χ1n) is 4.93. The molecular weight excluding hydrogens is 259 g/mol. The summed E-state index contributed by atoms with van der Waals surface area (Å²) in [7, 11) is 0. The van der Waals surface area contributed by atoms with Crippen molar-refractivity contribution in [1.29, 1.82) is 0 Å². The predicted molar refractivity (Wildman–Crippen MR) is 69.4 cm³/mol. The summed E-state index contributed by atoms with van der Waals surface area (Å²) in [6.07, 6.45) is 3.23. The second-order valence-electron chi connectivity index (χ2n) is 3.44. The number of anilines is 1. The van der Waals surface area contributed by atoms with E-state index in [1.54, 1.807) is 36.7 Å². The number of rotatable bonds is 3. The number of hydrogen-bond acceptors (Lipinski definition) is 3. The molecule has 5 heteroatoms. The molecule has 0 saturated heterocycles. The molecule has 0 spiro atoms. The molecule has 0 unspecified atom stereocenters. The van der Waals surface area contributed by atoms with E-state index >= 15 is 0 Å². The zero-order valence-electron chi connectivity index (χ0n) is 8.86. The van der Waals surface area contributed by atoms with E-state index in [9.17, 15) is 0 Å². The van der Waals surface area contributed by atoms with Gasteiger partial charge in [-0.2, -0.15) is 0 Å². The summed E-state index contributed by atoms with van der Waals surface area (Å²) in [6, 6.07) is 6.88. The molecule has 2 N–H and O–H groups in total. The second kappa shape index (κ2) is 5.25. The lowest BCUT2D eigenvalue weighted by atomic mass is 10.3. The maximum atomic E-state index is 5.96. The third-order valence-corrected chi connectivity index (χ3v) is 2.79. The van der Waals surface area contributed by atoms with E-state index in [4.69, 9.17) is 33.7 Å². The molecule has 0 aliphatic carbocycles. The predicted octanol–water partition coefficient (Wildman–Crippen LogP) is 3.55. The highest BCUT2D eigenvalue weighted by Gasteiger charge is 2.04. The van der Waals surface area contributed by atoms with Crippen LogP contribution in [0.3, 0.4) is 0 Å². The van der Waals surface area contributed by atoms with Crippen molar-refractivity contribution in [1.82, 2.24) is 4.98 Å². The fourth-order valence-corrected chi connectivity index (χ4v) is 1.65. The van der Waals surface area contributed by atoms with Crippen molar-refractivity contribution < 1.29 is 4.74 Å². The molecule has 0 saturated carbocycles. The van der Waals surface area contributed by atoms with Gasteiger partial charge in [-0.1, -0.05) is 23.2 Å². The fourth-order valence-electron chi connectivity index (χ4n) is 1.31. The lowest BCUT2D eigenvalue weighted by Crippen LogP contribution is -1.99. The van der Waals surface area contributed by atoms with E-state index in [1.165, 1.54) is 0 Å². The Balaban J connectivity index is 2.12. The smallest absolute Gasteiger partial charge is 0.144 e. The van der Waals surface area contributed by atoms with E-state index in [0.29, 0.717) is 28.1 Å². The van der Waals surface area contributed by atoms with Gasteiger partial charge < -0.3 is 10.5 Å². The van der Waals surface area contributed by atoms with Crippen molar-refractivity contribution in [2.45, 2.75) is 6.61 Å². The Hall–Kier alpha value is -1.45. The van der Waals surface area contributed by atoms with Gasteiger partial charge in [-0.05, 0) is 18.2 Å². The molecule has 0 bridgehead atoms. The van der Waals surface area contributed by atoms with Gasteiger partial charge in [-0.3, -0.25) is 4.98 Å². The number of hydrogen-bond donors (Lipinski definition) is 1. The Morgan fingerprint density at radius 1 is 1.24 bits per heavy atom. The van der Waals surface area contributed by atoms with Crippen LogP contribution in [-0.2, 0) is 6.61 Å². The van der Waals surface area contributed by atoms with Gasteiger partial charge in [-0.15, -0.1) is 0 Å². The number of nitrogens with zero attached hydrogens (tertiary/aromatic N) is 1. The topological polar surface area (TPSA) is 48.1 Å². The monoisotopic (exact) mass is 268 g/mol. The van der Waals surface area contributed by atoms with E-state index in [-0.39, 0.29) is 0 Å². The first-order chi connectivity index (χ1) is 8.16. The van der Waals surface area contributed by atoms with E-state index in [0.717, 1.165) is 5.56 Å². The molecule has 2 rings (SSSR count). The van der Waals surface area contributed by atoms with Crippen LogP contribution < -0.4 is 10.5 Å². The molecule has 0 radical (unpaired) electrons. The van der Waals surface area contributed by atoms with Gasteiger partial charge in [0, 0.05) is 29.0 Å². The molecule has 0 aliphatic heterocycles. The largest absolute Gasteiger partial charge is 0.487 e. The summed E-state index contributed by atoms with van der Waals surface area (Å²) in [5.74, 6) is 0.547. The van der Waals surface area contributed by atoms with Crippen LogP contribution in [-0.4, -0.2) is 4.98 Å². The average Bonchev–Trinajstić information content (AvgIpc) is 2.32. The lowest BCUT2D eigenvalue weighted by Gasteiger charge is -2.09. The van der Waals surface area contributed by atoms with Gasteiger partial charge in [0.25, 0.3) is 0 Å². The lowest BCUT2D eigenvalue weighted by molar-refractivity contribution is 0.308. The van der Waals surface area contributed by atoms with Crippen LogP contribution in [0, 0.1) is 0 Å². The molecule has 2 aromatic rings. The zero-order valence-corrected chi connectivity index (χ0v) is 10.4. The Morgan fingerprint density at radius 3 is 2.82 bits per heavy atom. The summed E-state index contributed by atoms with van der Waals surface area (Å²) in [4.78, 5) is 3.90. The summed E-state index contributed by atoms with van der Waals surface area (Å²) >= 11 is 11.8. The van der Waals surface area contributed by atoms with Crippen LogP contribution in [0.25, 0.3) is 0 Å². The Kier molecular flexibility index (Phi) is 3.71. The number of nitrogen functional groups attached to an aromatic ring is 1. The fraction of sp³-hybridized carbons (Fsp3) is 0.0833. The summed E-state index contributed by atoms with van der Waals surface area (Å²) in [5, 5.41) is 1.14. The van der Waals surface area contributed by atoms with Crippen molar-refractivity contribution in [2.75, 3.05) is 5.73 Å². The minimum Gasteiger partial charge on any atom is -0.487 e. The number of halogens is 2. The third kappa shape index (κ3) is 3.02. The SMILES string of the molecule is Nc1ccc(Cl)cc1OCc1ccncc1Cl. The minimum atomic E-state index is 0.325. The Bertz CT molecular complexity index is 532. The van der Waals surface area contributed by atoms with Crippen LogP contribution in [0.2, 0.25) is 10.0 Å². The number of benzene rings is 1. The van der Waals surface area contributed by atoms with Gasteiger partial charge in [0.05, 0.1) is 10.7 Å². The number of nitrogens with two attached hydrogens (primary N) is 1. The molecule has 0 amide bonds. The summed E-state index contributed by atoms with van der Waals surface area (Å²) in [5.41, 5.74) is 7.15. The maximum Gasteiger partial charge on any atom is 0.144 e. The number of ether oxygens (including phenoxy) is 1. The van der Waals surface area contributed by atoms with Gasteiger partial charge in [-0.25, -0.2) is 0 Å². The van der Waals surface area contributed by atoms with Crippen LogP contribution in [0.5, 0.6) is 5.75 Å². The molecular formula is C12H10Cl2N2O. The standard InChI is InChI=1S/C12H10Cl2N2O/c13-9-1-2-11(15)12(5-9)17-7-8-3-4-16-6-10(8)14/h1-6H,7,15H2. The number of aromatic nitrogens is 1. The summed E-state index contributed by atoms with van der Waals surface area (Å²) < 4.78 is 5.56. The zero-order chi connectivity index (χ0) is 12.3. The molecule has 1 aromatic carbocycles. The average molecular weight is 269 g/mol. The first kappa shape index (κ1) is 12.0. The van der Waals surface area contributed by atoms with Gasteiger partial charge in [0.15, 0.2) is 0 Å². The Labute approximate surface area is 109 Å². The Morgan fingerprint density at radius 2 is 2.06 bits per heavy atom. The highest BCUT2D eigenvalue weighted by molar-refractivity contribution is 6.31. The molecule has 88 valence electrons. The van der Waals surface area contributed by atoms with Gasteiger partial charge >= 0.3 is 0 Å². The quantitative estimate of drug-likeness (QED) is 0.867. The molecule has 0 aliphatic rings. The second-order valence-corrected chi connectivity index (χ2v) is 4.28. The van der Waals surface area contributed by atoms with Gasteiger partial charge in [0.2, 0.25) is 0 Å². The van der Waals surface area contributed by atoms with Crippen LogP contribution >= 0.6 is 23.2 Å². The van der Waals surface area contributed by atoms with Gasteiger partial charge in [0.1, 0.15) is 12.4 Å². The molecule has 0 atom stereocenters. The van der Waals surface area contributed by atoms with E-state index in [2.05, 4.69) is 4.98 Å². The first-order valence-corrected chi connectivity index (χ1v) is 5.68. The van der Waals surface area contributed by atoms with Crippen molar-refractivity contribution >= 4 is 28.9 Å². The highest BCUT2D eigenvalue weighted by Crippen LogP contribution is 2.26. The van der Waals surface area contributed by atoms with Crippen molar-refractivity contribution in [3.8, 4) is 5.75 Å². The molecule has 3 nitrogen and oxygen atoms in total. The third-order valence-electron chi connectivity index (χ3n) is 2.22. The van der Waals surface area contributed by atoms with Crippen molar-refractivity contribution in [2.24, 2.45) is 0 Å². The maximum absolute atomic E-state index is 5.96. The van der Waals surface area contributed by atoms with E-state index < -0.39 is 0 Å². The van der Waals surface area contributed by atoms with Crippen LogP contribution in [0.1, 0.15) is 5.56 Å². The molecule has 1 heterocycles. The molecule has 0 fully saturated rings.